The standard InChI is InChI=1S/C24H31N3O/c28-24-23(8-4-5-15-27(24)19-20-6-2-1-3-7-20)22-11-16-26(17-12-22)18-21-9-13-25-14-10-21/h1-3,6-7,9-10,13-14,22-23H,4-5,8,11-12,15-19H2/t23-/m0/s1. The molecule has 2 aliphatic rings. The lowest BCUT2D eigenvalue weighted by Gasteiger charge is -2.36. The molecule has 0 saturated carbocycles. The van der Waals surface area contributed by atoms with Crippen molar-refractivity contribution < 1.29 is 4.79 Å². The van der Waals surface area contributed by atoms with Gasteiger partial charge in [0.25, 0.3) is 0 Å². The van der Waals surface area contributed by atoms with Crippen molar-refractivity contribution in [3.05, 3.63) is 66.0 Å². The number of likely N-dealkylation sites (tertiary alicyclic amines) is 2. The lowest BCUT2D eigenvalue weighted by Crippen LogP contribution is -2.42. The number of rotatable bonds is 5. The number of hydrogen-bond donors (Lipinski definition) is 0. The molecular weight excluding hydrogens is 346 g/mol. The predicted octanol–water partition coefficient (Wildman–Crippen LogP) is 4.12. The summed E-state index contributed by atoms with van der Waals surface area (Å²) in [4.78, 5) is 22.1. The van der Waals surface area contributed by atoms with E-state index in [9.17, 15) is 4.79 Å². The summed E-state index contributed by atoms with van der Waals surface area (Å²) < 4.78 is 0. The maximum absolute atomic E-state index is 13.3. The Labute approximate surface area is 168 Å². The number of nitrogens with zero attached hydrogens (tertiary/aromatic N) is 3. The Morgan fingerprint density at radius 3 is 2.29 bits per heavy atom. The molecule has 0 bridgehead atoms. The molecule has 1 atom stereocenters. The molecule has 0 aliphatic carbocycles. The Kier molecular flexibility index (Phi) is 6.38. The van der Waals surface area contributed by atoms with Crippen LogP contribution in [0.25, 0.3) is 0 Å². The lowest BCUT2D eigenvalue weighted by atomic mass is 9.81. The molecule has 1 aromatic carbocycles. The monoisotopic (exact) mass is 377 g/mol. The molecule has 2 saturated heterocycles. The zero-order valence-electron chi connectivity index (χ0n) is 16.7. The van der Waals surface area contributed by atoms with Crippen LogP contribution >= 0.6 is 0 Å². The smallest absolute Gasteiger partial charge is 0.226 e. The van der Waals surface area contributed by atoms with Crippen LogP contribution in [0.15, 0.2) is 54.9 Å². The number of benzene rings is 1. The second-order valence-corrected chi connectivity index (χ2v) is 8.32. The first-order valence-corrected chi connectivity index (χ1v) is 10.7. The third-order valence-corrected chi connectivity index (χ3v) is 6.40. The number of carbonyl (C=O) groups is 1. The Bertz CT molecular complexity index is 741. The minimum Gasteiger partial charge on any atom is -0.338 e. The van der Waals surface area contributed by atoms with Crippen molar-refractivity contribution in [3.8, 4) is 0 Å². The molecule has 0 radical (unpaired) electrons. The van der Waals surface area contributed by atoms with Gasteiger partial charge in [0, 0.05) is 37.9 Å². The molecule has 4 rings (SSSR count). The minimum atomic E-state index is 0.217. The highest BCUT2D eigenvalue weighted by Gasteiger charge is 2.35. The van der Waals surface area contributed by atoms with E-state index < -0.39 is 0 Å². The Morgan fingerprint density at radius 1 is 0.821 bits per heavy atom. The van der Waals surface area contributed by atoms with E-state index in [1.165, 1.54) is 17.5 Å². The average Bonchev–Trinajstić information content (AvgIpc) is 2.92. The first-order valence-electron chi connectivity index (χ1n) is 10.7. The predicted molar refractivity (Wildman–Crippen MR) is 111 cm³/mol. The molecule has 3 heterocycles. The van der Waals surface area contributed by atoms with Gasteiger partial charge in [-0.05, 0) is 68.0 Å². The van der Waals surface area contributed by atoms with E-state index in [2.05, 4.69) is 51.2 Å². The van der Waals surface area contributed by atoms with E-state index >= 15 is 0 Å². The molecule has 4 nitrogen and oxygen atoms in total. The van der Waals surface area contributed by atoms with Crippen molar-refractivity contribution in [1.29, 1.82) is 0 Å². The number of carbonyl (C=O) groups excluding carboxylic acids is 1. The van der Waals surface area contributed by atoms with E-state index in [0.29, 0.717) is 11.8 Å². The fourth-order valence-corrected chi connectivity index (χ4v) is 4.79. The van der Waals surface area contributed by atoms with E-state index in [0.717, 1.165) is 58.4 Å². The number of piperidine rings is 1. The summed E-state index contributed by atoms with van der Waals surface area (Å²) in [6, 6.07) is 14.6. The van der Waals surface area contributed by atoms with E-state index in [4.69, 9.17) is 0 Å². The summed E-state index contributed by atoms with van der Waals surface area (Å²) in [5.74, 6) is 1.15. The average molecular weight is 378 g/mol. The van der Waals surface area contributed by atoms with Crippen molar-refractivity contribution in [1.82, 2.24) is 14.8 Å². The maximum Gasteiger partial charge on any atom is 0.226 e. The van der Waals surface area contributed by atoms with Crippen LogP contribution in [0.1, 0.15) is 43.2 Å². The van der Waals surface area contributed by atoms with Gasteiger partial charge < -0.3 is 4.90 Å². The van der Waals surface area contributed by atoms with Gasteiger partial charge in [-0.1, -0.05) is 36.8 Å². The van der Waals surface area contributed by atoms with Gasteiger partial charge in [0.2, 0.25) is 5.91 Å². The van der Waals surface area contributed by atoms with Gasteiger partial charge in [-0.2, -0.15) is 0 Å². The largest absolute Gasteiger partial charge is 0.338 e. The topological polar surface area (TPSA) is 36.4 Å². The zero-order valence-corrected chi connectivity index (χ0v) is 16.7. The summed E-state index contributed by atoms with van der Waals surface area (Å²) in [5, 5.41) is 0. The third kappa shape index (κ3) is 4.79. The van der Waals surface area contributed by atoms with E-state index in [1.807, 2.05) is 18.5 Å². The molecule has 4 heteroatoms. The van der Waals surface area contributed by atoms with Gasteiger partial charge in [-0.3, -0.25) is 14.7 Å². The van der Waals surface area contributed by atoms with Crippen LogP contribution in [0.5, 0.6) is 0 Å². The van der Waals surface area contributed by atoms with Gasteiger partial charge in [0.15, 0.2) is 0 Å². The van der Waals surface area contributed by atoms with Gasteiger partial charge in [0.1, 0.15) is 0 Å². The molecule has 2 aliphatic heterocycles. The SMILES string of the molecule is O=C1[C@H](C2CCN(Cc3ccncc3)CC2)CCCCN1Cc1ccccc1. The maximum atomic E-state index is 13.3. The number of pyridine rings is 1. The quantitative estimate of drug-likeness (QED) is 0.786. The molecule has 1 amide bonds. The molecular formula is C24H31N3O. The van der Waals surface area contributed by atoms with Crippen LogP contribution in [0.4, 0.5) is 0 Å². The van der Waals surface area contributed by atoms with Crippen molar-refractivity contribution in [2.45, 2.75) is 45.2 Å². The highest BCUT2D eigenvalue weighted by atomic mass is 16.2. The summed E-state index contributed by atoms with van der Waals surface area (Å²) in [6.45, 7) is 4.85. The molecule has 1 aromatic heterocycles. The number of hydrogen-bond acceptors (Lipinski definition) is 3. The minimum absolute atomic E-state index is 0.217. The van der Waals surface area contributed by atoms with Crippen LogP contribution < -0.4 is 0 Å². The molecule has 148 valence electrons. The van der Waals surface area contributed by atoms with Gasteiger partial charge >= 0.3 is 0 Å². The number of aromatic nitrogens is 1. The number of amides is 1. The highest BCUT2D eigenvalue weighted by Crippen LogP contribution is 2.33. The fraction of sp³-hybridized carbons (Fsp3) is 0.500. The lowest BCUT2D eigenvalue weighted by molar-refractivity contribution is -0.138. The second kappa shape index (κ2) is 9.33. The molecule has 2 aromatic rings. The van der Waals surface area contributed by atoms with Gasteiger partial charge in [-0.25, -0.2) is 0 Å². The van der Waals surface area contributed by atoms with Crippen molar-refractivity contribution in [3.63, 3.8) is 0 Å². The molecule has 2 fully saturated rings. The van der Waals surface area contributed by atoms with Crippen LogP contribution in [0.2, 0.25) is 0 Å². The molecule has 0 N–H and O–H groups in total. The van der Waals surface area contributed by atoms with Crippen LogP contribution in [-0.2, 0) is 17.9 Å². The fourth-order valence-electron chi connectivity index (χ4n) is 4.79. The van der Waals surface area contributed by atoms with E-state index in [1.54, 1.807) is 0 Å². The Balaban J connectivity index is 1.35. The van der Waals surface area contributed by atoms with Gasteiger partial charge in [0.05, 0.1) is 0 Å². The van der Waals surface area contributed by atoms with Crippen LogP contribution in [0.3, 0.4) is 0 Å². The highest BCUT2D eigenvalue weighted by molar-refractivity contribution is 5.79. The first-order chi connectivity index (χ1) is 13.8. The van der Waals surface area contributed by atoms with Gasteiger partial charge in [-0.15, -0.1) is 0 Å². The van der Waals surface area contributed by atoms with E-state index in [-0.39, 0.29) is 5.92 Å². The van der Waals surface area contributed by atoms with Crippen LogP contribution in [0, 0.1) is 11.8 Å². The first kappa shape index (κ1) is 19.1. The molecule has 28 heavy (non-hydrogen) atoms. The molecule has 0 unspecified atom stereocenters. The molecule has 0 spiro atoms. The Hall–Kier alpha value is -2.20. The normalized spacial score (nSPS) is 22.2. The second-order valence-electron chi connectivity index (χ2n) is 8.32. The summed E-state index contributed by atoms with van der Waals surface area (Å²) in [6.07, 6.45) is 9.40. The third-order valence-electron chi connectivity index (χ3n) is 6.40. The Morgan fingerprint density at radius 2 is 1.54 bits per heavy atom. The summed E-state index contributed by atoms with van der Waals surface area (Å²) in [5.41, 5.74) is 2.57. The van der Waals surface area contributed by atoms with Crippen molar-refractivity contribution >= 4 is 5.91 Å². The van der Waals surface area contributed by atoms with Crippen LogP contribution in [-0.4, -0.2) is 40.3 Å². The summed E-state index contributed by atoms with van der Waals surface area (Å²) in [7, 11) is 0. The van der Waals surface area contributed by atoms with Crippen molar-refractivity contribution in [2.75, 3.05) is 19.6 Å². The van der Waals surface area contributed by atoms with Crippen molar-refractivity contribution in [2.24, 2.45) is 11.8 Å². The summed E-state index contributed by atoms with van der Waals surface area (Å²) >= 11 is 0. The zero-order chi connectivity index (χ0) is 19.2.